The molecule has 1 unspecified atom stereocenters. The van der Waals surface area contributed by atoms with Crippen LogP contribution >= 0.6 is 22.9 Å². The van der Waals surface area contributed by atoms with Gasteiger partial charge >= 0.3 is 0 Å². The van der Waals surface area contributed by atoms with E-state index in [-0.39, 0.29) is 23.1 Å². The van der Waals surface area contributed by atoms with E-state index in [0.29, 0.717) is 30.2 Å². The molecule has 2 aromatic rings. The molecule has 8 heteroatoms. The van der Waals surface area contributed by atoms with E-state index in [1.165, 1.54) is 6.33 Å². The van der Waals surface area contributed by atoms with Crippen LogP contribution in [0, 0.1) is 6.92 Å². The largest absolute Gasteiger partial charge is 0.442 e. The second-order valence-corrected chi connectivity index (χ2v) is 10.00. The molecule has 0 bridgehead atoms. The number of rotatable bonds is 5. The van der Waals surface area contributed by atoms with Gasteiger partial charge in [0.1, 0.15) is 12.1 Å². The average Bonchev–Trinajstić information content (AvgIpc) is 3.31. The highest BCUT2D eigenvalue weighted by molar-refractivity contribution is 14.1. The molecule has 4 rings (SSSR count). The van der Waals surface area contributed by atoms with Crippen molar-refractivity contribution >= 4 is 45.7 Å². The lowest BCUT2D eigenvalue weighted by atomic mass is 9.92. The van der Waals surface area contributed by atoms with Crippen LogP contribution in [-0.4, -0.2) is 51.1 Å². The van der Waals surface area contributed by atoms with Crippen LogP contribution in [0.3, 0.4) is 0 Å². The molecule has 1 amide bonds. The predicted octanol–water partition coefficient (Wildman–Crippen LogP) is 4.66. The van der Waals surface area contributed by atoms with Gasteiger partial charge in [-0.25, -0.2) is 9.97 Å². The molecule has 2 aromatic heterocycles. The van der Waals surface area contributed by atoms with Gasteiger partial charge in [-0.2, -0.15) is 0 Å². The minimum Gasteiger partial charge on any atom is -0.442 e. The summed E-state index contributed by atoms with van der Waals surface area (Å²) in [6.45, 7) is 11.6. The summed E-state index contributed by atoms with van der Waals surface area (Å²) in [5, 5.41) is 0.724. The Morgan fingerprint density at radius 1 is 1.31 bits per heavy atom. The normalized spacial score (nSPS) is 22.5. The summed E-state index contributed by atoms with van der Waals surface area (Å²) in [6.07, 6.45) is 5.41. The highest BCUT2D eigenvalue weighted by Gasteiger charge is 2.45. The molecule has 0 N–H and O–H groups in total. The van der Waals surface area contributed by atoms with Crippen LogP contribution in [0.1, 0.15) is 69.5 Å². The Bertz CT molecular complexity index is 937. The number of furan rings is 1. The molecule has 7 nitrogen and oxygen atoms in total. The van der Waals surface area contributed by atoms with Gasteiger partial charge in [-0.3, -0.25) is 7.91 Å². The number of nitrogens with zero attached hydrogens (tertiary/aromatic N) is 4. The summed E-state index contributed by atoms with van der Waals surface area (Å²) in [7, 11) is 0. The molecule has 1 saturated carbocycles. The molecule has 1 atom stereocenters. The fourth-order valence-electron chi connectivity index (χ4n) is 4.25. The monoisotopic (exact) mass is 512 g/mol. The summed E-state index contributed by atoms with van der Waals surface area (Å²) in [5.41, 5.74) is 0.915. The van der Waals surface area contributed by atoms with E-state index < -0.39 is 0 Å². The van der Waals surface area contributed by atoms with Crippen LogP contribution in [0.15, 0.2) is 10.7 Å². The number of fused-ring (bicyclic) bond motifs is 1. The lowest BCUT2D eigenvalue weighted by Gasteiger charge is -2.41. The van der Waals surface area contributed by atoms with E-state index in [4.69, 9.17) is 9.15 Å². The number of hydrogen-bond acceptors (Lipinski definition) is 6. The number of ether oxygens (including phenoxy) is 1. The number of anilines is 1. The Morgan fingerprint density at radius 2 is 2.03 bits per heavy atom. The summed E-state index contributed by atoms with van der Waals surface area (Å²) < 4.78 is 13.9. The van der Waals surface area contributed by atoms with Gasteiger partial charge in [0.15, 0.2) is 5.82 Å². The highest BCUT2D eigenvalue weighted by Crippen LogP contribution is 2.47. The van der Waals surface area contributed by atoms with Gasteiger partial charge in [0.25, 0.3) is 5.91 Å². The lowest BCUT2D eigenvalue weighted by Crippen LogP contribution is -2.48. The van der Waals surface area contributed by atoms with Crippen LogP contribution in [0.2, 0.25) is 0 Å². The highest BCUT2D eigenvalue weighted by atomic mass is 127. The number of hydrogen-bond donors (Lipinski definition) is 0. The van der Waals surface area contributed by atoms with Crippen LogP contribution in [0.5, 0.6) is 0 Å². The Kier molecular flexibility index (Phi) is 5.30. The van der Waals surface area contributed by atoms with Gasteiger partial charge in [-0.1, -0.05) is 0 Å². The zero-order valence-electron chi connectivity index (χ0n) is 17.8. The van der Waals surface area contributed by atoms with Crippen LogP contribution in [0.4, 0.5) is 5.82 Å². The number of halogens is 1. The Labute approximate surface area is 185 Å². The van der Waals surface area contributed by atoms with Gasteiger partial charge < -0.3 is 14.1 Å². The predicted molar refractivity (Wildman–Crippen MR) is 120 cm³/mol. The van der Waals surface area contributed by atoms with Crippen molar-refractivity contribution in [2.24, 2.45) is 0 Å². The minimum absolute atomic E-state index is 0.00625. The molecule has 0 aromatic carbocycles. The zero-order chi connectivity index (χ0) is 21.0. The van der Waals surface area contributed by atoms with Crippen molar-refractivity contribution in [2.45, 2.75) is 77.5 Å². The third-order valence-corrected chi connectivity index (χ3v) is 7.83. The summed E-state index contributed by atoms with van der Waals surface area (Å²) in [5.74, 6) is 1.36. The topological polar surface area (TPSA) is 71.7 Å². The Balaban J connectivity index is 1.76. The van der Waals surface area contributed by atoms with Gasteiger partial charge in [0.2, 0.25) is 5.71 Å². The van der Waals surface area contributed by atoms with Crippen molar-refractivity contribution in [1.29, 1.82) is 0 Å². The summed E-state index contributed by atoms with van der Waals surface area (Å²) >= 11 is 2.31. The third-order valence-electron chi connectivity index (χ3n) is 6.21. The zero-order valence-corrected chi connectivity index (χ0v) is 19.9. The minimum atomic E-state index is -0.224. The maximum Gasteiger partial charge on any atom is 0.258 e. The van der Waals surface area contributed by atoms with E-state index in [1.54, 1.807) is 0 Å². The number of aromatic nitrogens is 2. The second kappa shape index (κ2) is 7.37. The number of amides is 1. The molecule has 1 aliphatic carbocycles. The molecular formula is C21H29IN4O3. The SMILES string of the molecule is CCN(C(=O)c1c(C)oc2ncnc(N(I)C3(C)CC3)c12)C1CCOC(C)(C)C1. The quantitative estimate of drug-likeness (QED) is 0.429. The number of carbonyl (C=O) groups is 1. The smallest absolute Gasteiger partial charge is 0.258 e. The first-order chi connectivity index (χ1) is 13.7. The molecule has 29 heavy (non-hydrogen) atoms. The average molecular weight is 512 g/mol. The van der Waals surface area contributed by atoms with Gasteiger partial charge in [0, 0.05) is 24.7 Å². The molecule has 1 aliphatic heterocycles. The van der Waals surface area contributed by atoms with Gasteiger partial charge in [0.05, 0.1) is 39.4 Å². The fourth-order valence-corrected chi connectivity index (χ4v) is 5.09. The first kappa shape index (κ1) is 20.8. The van der Waals surface area contributed by atoms with E-state index in [1.807, 2.05) is 18.7 Å². The van der Waals surface area contributed by atoms with E-state index in [9.17, 15) is 4.79 Å². The van der Waals surface area contributed by atoms with E-state index in [2.05, 4.69) is 56.7 Å². The summed E-state index contributed by atoms with van der Waals surface area (Å²) in [4.78, 5) is 24.6. The fraction of sp³-hybridized carbons (Fsp3) is 0.667. The second-order valence-electron chi connectivity index (χ2n) is 9.03. The first-order valence-electron chi connectivity index (χ1n) is 10.3. The van der Waals surface area contributed by atoms with Gasteiger partial charge in [-0.15, -0.1) is 0 Å². The Hall–Kier alpha value is -1.42. The van der Waals surface area contributed by atoms with Crippen molar-refractivity contribution in [1.82, 2.24) is 14.9 Å². The van der Waals surface area contributed by atoms with E-state index >= 15 is 0 Å². The van der Waals surface area contributed by atoms with Gasteiger partial charge in [-0.05, 0) is 60.3 Å². The van der Waals surface area contributed by atoms with Crippen molar-refractivity contribution in [3.05, 3.63) is 17.7 Å². The molecule has 2 fully saturated rings. The van der Waals surface area contributed by atoms with Crippen molar-refractivity contribution in [3.8, 4) is 0 Å². The third kappa shape index (κ3) is 3.73. The van der Waals surface area contributed by atoms with Crippen LogP contribution in [-0.2, 0) is 4.74 Å². The maximum absolute atomic E-state index is 13.8. The standard InChI is InChI=1S/C21H29IN4O3/c1-6-25(14-7-10-28-20(3,4)11-14)19(27)15-13(2)29-18-16(15)17(23-12-24-18)26(22)21(5)8-9-21/h12,14H,6-11H2,1-5H3. The molecule has 2 aliphatic rings. The van der Waals surface area contributed by atoms with Crippen LogP contribution in [0.25, 0.3) is 11.1 Å². The lowest BCUT2D eigenvalue weighted by molar-refractivity contribution is -0.0777. The number of aryl methyl sites for hydroxylation is 1. The summed E-state index contributed by atoms with van der Waals surface area (Å²) in [6, 6.07) is 0.144. The Morgan fingerprint density at radius 3 is 2.66 bits per heavy atom. The first-order valence-corrected chi connectivity index (χ1v) is 11.3. The molecule has 3 heterocycles. The van der Waals surface area contributed by atoms with E-state index in [0.717, 1.165) is 36.9 Å². The van der Waals surface area contributed by atoms with Crippen molar-refractivity contribution < 1.29 is 13.9 Å². The van der Waals surface area contributed by atoms with Crippen LogP contribution < -0.4 is 3.11 Å². The van der Waals surface area contributed by atoms with Crippen molar-refractivity contribution in [3.63, 3.8) is 0 Å². The maximum atomic E-state index is 13.8. The van der Waals surface area contributed by atoms with Crippen molar-refractivity contribution in [2.75, 3.05) is 16.3 Å². The molecule has 0 radical (unpaired) electrons. The molecule has 1 saturated heterocycles. The number of carbonyl (C=O) groups excluding carboxylic acids is 1. The molecule has 0 spiro atoms. The molecule has 158 valence electrons. The molecular weight excluding hydrogens is 483 g/mol.